The van der Waals surface area contributed by atoms with E-state index in [2.05, 4.69) is 10.0 Å². The first-order valence-electron chi connectivity index (χ1n) is 11.6. The highest BCUT2D eigenvalue weighted by Crippen LogP contribution is 2.45. The number of hydrogen-bond donors (Lipinski definition) is 3. The first kappa shape index (κ1) is 25.6. The summed E-state index contributed by atoms with van der Waals surface area (Å²) in [5, 5.41) is 3.13. The number of carbonyl (C=O) groups is 3. The smallest absolute Gasteiger partial charge is 0.264 e. The van der Waals surface area contributed by atoms with Gasteiger partial charge in [-0.3, -0.25) is 14.4 Å². The van der Waals surface area contributed by atoms with Crippen LogP contribution in [-0.2, 0) is 29.1 Å². The van der Waals surface area contributed by atoms with Crippen molar-refractivity contribution in [3.8, 4) is 0 Å². The second-order valence-corrected chi connectivity index (χ2v) is 11.2. The van der Waals surface area contributed by atoms with E-state index in [1.54, 1.807) is 6.08 Å². The zero-order valence-electron chi connectivity index (χ0n) is 19.1. The van der Waals surface area contributed by atoms with E-state index in [0.717, 1.165) is 0 Å². The van der Waals surface area contributed by atoms with Crippen molar-refractivity contribution in [3.63, 3.8) is 0 Å². The number of rotatable bonds is 3. The highest BCUT2D eigenvalue weighted by Gasteiger charge is 2.61. The van der Waals surface area contributed by atoms with Crippen LogP contribution in [0, 0.1) is 5.92 Å². The Morgan fingerprint density at radius 3 is 2.69 bits per heavy atom. The minimum Gasteiger partial charge on any atom is -0.381 e. The molecule has 4 atom stereocenters. The molecule has 1 saturated carbocycles. The van der Waals surface area contributed by atoms with Crippen LogP contribution in [0.25, 0.3) is 0 Å². The molecule has 0 aromatic heterocycles. The zero-order valence-corrected chi connectivity index (χ0v) is 20.7. The SMILES string of the molecule is N[C@H]1CCOCC/C=C\[C@@H]2C[C@@]2(C(=O)NS(=O)(=O)c2ccc(Cl)cc2)NC(=O)[C@@H]2CCCN2C1=O. The van der Waals surface area contributed by atoms with Crippen LogP contribution in [-0.4, -0.2) is 68.4 Å². The van der Waals surface area contributed by atoms with E-state index in [-0.39, 0.29) is 17.2 Å². The minimum atomic E-state index is -4.19. The lowest BCUT2D eigenvalue weighted by Crippen LogP contribution is -2.57. The van der Waals surface area contributed by atoms with Gasteiger partial charge in [-0.15, -0.1) is 0 Å². The summed E-state index contributed by atoms with van der Waals surface area (Å²) >= 11 is 5.84. The Hall–Kier alpha value is -2.47. The number of amides is 3. The molecule has 0 unspecified atom stereocenters. The summed E-state index contributed by atoms with van der Waals surface area (Å²) in [5.41, 5.74) is 4.61. The maximum atomic E-state index is 13.3. The molecule has 10 nitrogen and oxygen atoms in total. The molecule has 1 aromatic rings. The normalized spacial score (nSPS) is 30.8. The van der Waals surface area contributed by atoms with Crippen LogP contribution >= 0.6 is 11.6 Å². The van der Waals surface area contributed by atoms with E-state index in [1.165, 1.54) is 29.2 Å². The average molecular weight is 525 g/mol. The van der Waals surface area contributed by atoms with Crippen molar-refractivity contribution in [2.45, 2.75) is 54.6 Å². The number of fused-ring (bicyclic) bond motifs is 2. The van der Waals surface area contributed by atoms with Crippen LogP contribution in [0.5, 0.6) is 0 Å². The summed E-state index contributed by atoms with van der Waals surface area (Å²) in [6.07, 6.45) is 5.82. The predicted molar refractivity (Wildman–Crippen MR) is 128 cm³/mol. The van der Waals surface area contributed by atoms with Gasteiger partial charge in [0.05, 0.1) is 17.5 Å². The lowest BCUT2D eigenvalue weighted by atomic mass is 10.1. The molecule has 1 aliphatic carbocycles. The number of benzene rings is 1. The molecule has 0 radical (unpaired) electrons. The van der Waals surface area contributed by atoms with Gasteiger partial charge in [-0.05, 0) is 56.4 Å². The third-order valence-electron chi connectivity index (χ3n) is 6.64. The number of halogens is 1. The van der Waals surface area contributed by atoms with Crippen LogP contribution in [0.1, 0.15) is 32.1 Å². The van der Waals surface area contributed by atoms with Gasteiger partial charge in [-0.1, -0.05) is 23.8 Å². The number of nitrogens with zero attached hydrogens (tertiary/aromatic N) is 1. The maximum absolute atomic E-state index is 13.3. The van der Waals surface area contributed by atoms with Crippen molar-refractivity contribution >= 4 is 39.3 Å². The van der Waals surface area contributed by atoms with Crippen LogP contribution < -0.4 is 15.8 Å². The number of sulfonamides is 1. The third kappa shape index (κ3) is 5.53. The van der Waals surface area contributed by atoms with Crippen molar-refractivity contribution in [3.05, 3.63) is 41.4 Å². The predicted octanol–water partition coefficient (Wildman–Crippen LogP) is 0.705. The molecule has 1 saturated heterocycles. The van der Waals surface area contributed by atoms with Crippen molar-refractivity contribution in [1.29, 1.82) is 0 Å². The monoisotopic (exact) mass is 524 g/mol. The topological polar surface area (TPSA) is 148 Å². The Labute approximate surface area is 209 Å². The van der Waals surface area contributed by atoms with E-state index < -0.39 is 45.4 Å². The van der Waals surface area contributed by atoms with E-state index in [4.69, 9.17) is 22.1 Å². The van der Waals surface area contributed by atoms with Crippen molar-refractivity contribution in [1.82, 2.24) is 14.9 Å². The molecule has 4 N–H and O–H groups in total. The average Bonchev–Trinajstić information content (AvgIpc) is 3.28. The molecule has 2 fully saturated rings. The van der Waals surface area contributed by atoms with E-state index >= 15 is 0 Å². The molecule has 0 bridgehead atoms. The number of nitrogens with one attached hydrogen (secondary N) is 2. The summed E-state index contributed by atoms with van der Waals surface area (Å²) in [5.74, 6) is -2.06. The van der Waals surface area contributed by atoms with Crippen LogP contribution in [0.2, 0.25) is 5.02 Å². The number of nitrogens with two attached hydrogens (primary N) is 1. The maximum Gasteiger partial charge on any atom is 0.264 e. The van der Waals surface area contributed by atoms with Crippen LogP contribution in [0.3, 0.4) is 0 Å². The Morgan fingerprint density at radius 2 is 1.94 bits per heavy atom. The first-order chi connectivity index (χ1) is 16.6. The summed E-state index contributed by atoms with van der Waals surface area (Å²) < 4.78 is 33.3. The lowest BCUT2D eigenvalue weighted by Gasteiger charge is -2.28. The largest absolute Gasteiger partial charge is 0.381 e. The fraction of sp³-hybridized carbons (Fsp3) is 0.522. The Bertz CT molecular complexity index is 1130. The summed E-state index contributed by atoms with van der Waals surface area (Å²) in [6, 6.07) is 3.83. The first-order valence-corrected chi connectivity index (χ1v) is 13.5. The fourth-order valence-electron chi connectivity index (χ4n) is 4.53. The summed E-state index contributed by atoms with van der Waals surface area (Å²) in [7, 11) is -4.19. The molecular formula is C23H29ClN4O6S. The van der Waals surface area contributed by atoms with Gasteiger partial charge in [0, 0.05) is 24.1 Å². The molecule has 1 aromatic carbocycles. The van der Waals surface area contributed by atoms with Gasteiger partial charge in [0.15, 0.2) is 0 Å². The molecular weight excluding hydrogens is 496 g/mol. The van der Waals surface area contributed by atoms with Gasteiger partial charge in [0.2, 0.25) is 11.8 Å². The lowest BCUT2D eigenvalue weighted by molar-refractivity contribution is -0.140. The fourth-order valence-corrected chi connectivity index (χ4v) is 5.70. The van der Waals surface area contributed by atoms with Crippen LogP contribution in [0.4, 0.5) is 0 Å². The zero-order chi connectivity index (χ0) is 25.2. The Balaban J connectivity index is 1.58. The van der Waals surface area contributed by atoms with E-state index in [0.29, 0.717) is 50.5 Å². The molecule has 2 aliphatic heterocycles. The van der Waals surface area contributed by atoms with Crippen molar-refractivity contribution in [2.24, 2.45) is 11.7 Å². The number of carbonyl (C=O) groups excluding carboxylic acids is 3. The second-order valence-electron chi connectivity index (χ2n) is 9.07. The second kappa shape index (κ2) is 10.3. The van der Waals surface area contributed by atoms with Gasteiger partial charge in [-0.25, -0.2) is 13.1 Å². The number of ether oxygens (including phenoxy) is 1. The van der Waals surface area contributed by atoms with Gasteiger partial charge in [0.25, 0.3) is 15.9 Å². The standard InChI is InChI=1S/C23H29ClN4O6S/c24-16-6-8-17(9-7-16)35(32,33)27-22(31)23-14-15(23)4-1-2-12-34-13-10-18(25)21(30)28-11-3-5-19(28)20(29)26-23/h1,4,6-9,15,18-19H,2-3,5,10-14,25H2,(H,26,29)(H,27,31)/b4-1-/t15-,18+,19+,23-/m1/s1. The molecule has 12 heteroatoms. The minimum absolute atomic E-state index is 0.124. The molecule has 190 valence electrons. The Kier molecular flexibility index (Phi) is 7.51. The number of hydrogen-bond acceptors (Lipinski definition) is 7. The molecule has 3 amide bonds. The highest BCUT2D eigenvalue weighted by atomic mass is 35.5. The van der Waals surface area contributed by atoms with Crippen molar-refractivity contribution < 1.29 is 27.5 Å². The molecule has 3 aliphatic rings. The van der Waals surface area contributed by atoms with Gasteiger partial charge in [0.1, 0.15) is 11.6 Å². The van der Waals surface area contributed by atoms with E-state index in [1.807, 2.05) is 6.08 Å². The third-order valence-corrected chi connectivity index (χ3v) is 8.24. The van der Waals surface area contributed by atoms with Crippen molar-refractivity contribution in [2.75, 3.05) is 19.8 Å². The van der Waals surface area contributed by atoms with Gasteiger partial charge < -0.3 is 20.7 Å². The van der Waals surface area contributed by atoms with Crippen LogP contribution in [0.15, 0.2) is 41.3 Å². The molecule has 0 spiro atoms. The van der Waals surface area contributed by atoms with E-state index in [9.17, 15) is 22.8 Å². The molecule has 2 heterocycles. The quantitative estimate of drug-likeness (QED) is 0.493. The van der Waals surface area contributed by atoms with Gasteiger partial charge in [-0.2, -0.15) is 0 Å². The Morgan fingerprint density at radius 1 is 1.20 bits per heavy atom. The summed E-state index contributed by atoms with van der Waals surface area (Å²) in [4.78, 5) is 40.7. The summed E-state index contributed by atoms with van der Waals surface area (Å²) in [6.45, 7) is 1.12. The molecule has 4 rings (SSSR count). The van der Waals surface area contributed by atoms with Gasteiger partial charge >= 0.3 is 0 Å². The molecule has 35 heavy (non-hydrogen) atoms. The highest BCUT2D eigenvalue weighted by molar-refractivity contribution is 7.90.